The molecule has 3 heterocycles. The molecular weight excluding hydrogens is 270 g/mol. The van der Waals surface area contributed by atoms with Crippen LogP contribution in [-0.4, -0.2) is 25.3 Å². The number of anilines is 3. The minimum Gasteiger partial charge on any atom is -0.364 e. The van der Waals surface area contributed by atoms with Gasteiger partial charge in [0.15, 0.2) is 11.6 Å². The number of hydrogen-bond donors (Lipinski definition) is 2. The van der Waals surface area contributed by atoms with E-state index in [0.717, 1.165) is 5.56 Å². The predicted molar refractivity (Wildman–Crippen MR) is 75.9 cm³/mol. The Balaban J connectivity index is 1.65. The van der Waals surface area contributed by atoms with Crippen molar-refractivity contribution in [3.05, 3.63) is 48.1 Å². The van der Waals surface area contributed by atoms with Crippen molar-refractivity contribution in [2.45, 2.75) is 13.5 Å². The van der Waals surface area contributed by atoms with Gasteiger partial charge < -0.3 is 15.2 Å². The van der Waals surface area contributed by atoms with E-state index in [1.54, 1.807) is 24.7 Å². The molecule has 0 unspecified atom stereocenters. The van der Waals surface area contributed by atoms with Crippen LogP contribution in [0.3, 0.4) is 0 Å². The van der Waals surface area contributed by atoms with Crippen molar-refractivity contribution in [1.29, 1.82) is 0 Å². The van der Waals surface area contributed by atoms with Crippen molar-refractivity contribution in [2.24, 2.45) is 0 Å². The monoisotopic (exact) mass is 283 g/mol. The molecule has 0 fully saturated rings. The first-order chi connectivity index (χ1) is 10.3. The highest BCUT2D eigenvalue weighted by atomic mass is 16.5. The van der Waals surface area contributed by atoms with Crippen molar-refractivity contribution in [1.82, 2.24) is 25.3 Å². The Morgan fingerprint density at radius 3 is 2.95 bits per heavy atom. The van der Waals surface area contributed by atoms with Crippen molar-refractivity contribution in [2.75, 3.05) is 10.6 Å². The number of pyridine rings is 1. The van der Waals surface area contributed by atoms with Crippen LogP contribution in [0.2, 0.25) is 0 Å². The summed E-state index contributed by atoms with van der Waals surface area (Å²) in [5, 5.41) is 17.7. The third-order valence-electron chi connectivity index (χ3n) is 2.62. The third kappa shape index (κ3) is 3.50. The Morgan fingerprint density at radius 1 is 1.24 bits per heavy atom. The molecule has 0 aromatic carbocycles. The number of rotatable bonds is 5. The molecule has 0 radical (unpaired) electrons. The fourth-order valence-electron chi connectivity index (χ4n) is 1.68. The molecule has 0 spiro atoms. The molecule has 8 nitrogen and oxygen atoms in total. The van der Waals surface area contributed by atoms with Crippen molar-refractivity contribution >= 4 is 17.6 Å². The number of hydrogen-bond acceptors (Lipinski definition) is 8. The number of nitrogens with one attached hydrogen (secondary N) is 2. The van der Waals surface area contributed by atoms with Gasteiger partial charge in [0, 0.05) is 25.0 Å². The summed E-state index contributed by atoms with van der Waals surface area (Å²) < 4.78 is 4.96. The smallest absolute Gasteiger partial charge is 0.250 e. The zero-order valence-electron chi connectivity index (χ0n) is 11.3. The molecule has 0 bridgehead atoms. The van der Waals surface area contributed by atoms with Crippen LogP contribution in [0.1, 0.15) is 11.3 Å². The van der Waals surface area contributed by atoms with E-state index in [-0.39, 0.29) is 0 Å². The SMILES string of the molecule is Cc1cc(Nc2nncc(NCc3cccnc3)n2)no1. The Bertz CT molecular complexity index is 713. The van der Waals surface area contributed by atoms with E-state index in [9.17, 15) is 0 Å². The van der Waals surface area contributed by atoms with E-state index in [2.05, 4.69) is 36.0 Å². The first-order valence-electron chi connectivity index (χ1n) is 6.32. The van der Waals surface area contributed by atoms with Gasteiger partial charge in [0.05, 0.1) is 6.20 Å². The van der Waals surface area contributed by atoms with E-state index >= 15 is 0 Å². The second-order valence-electron chi connectivity index (χ2n) is 4.33. The second-order valence-corrected chi connectivity index (χ2v) is 4.33. The van der Waals surface area contributed by atoms with Crippen LogP contribution in [0.15, 0.2) is 41.3 Å². The number of aromatic nitrogens is 5. The first kappa shape index (κ1) is 13.0. The minimum atomic E-state index is 0.347. The molecule has 0 atom stereocenters. The van der Waals surface area contributed by atoms with Crippen LogP contribution < -0.4 is 10.6 Å². The molecule has 3 rings (SSSR count). The molecule has 8 heteroatoms. The second kappa shape index (κ2) is 5.95. The van der Waals surface area contributed by atoms with Gasteiger partial charge in [0.1, 0.15) is 5.76 Å². The van der Waals surface area contributed by atoms with Gasteiger partial charge in [-0.2, -0.15) is 10.1 Å². The molecule has 0 amide bonds. The van der Waals surface area contributed by atoms with E-state index in [1.807, 2.05) is 19.1 Å². The van der Waals surface area contributed by atoms with Crippen LogP contribution in [0, 0.1) is 6.92 Å². The standard InChI is InChI=1S/C13H13N7O/c1-9-5-11(20-21-9)17-13-18-12(8-16-19-13)15-7-10-3-2-4-14-6-10/h2-6,8H,7H2,1H3,(H2,15,17,18,19,20). The van der Waals surface area contributed by atoms with Crippen molar-refractivity contribution < 1.29 is 4.52 Å². The maximum atomic E-state index is 4.96. The van der Waals surface area contributed by atoms with E-state index in [1.165, 1.54) is 0 Å². The van der Waals surface area contributed by atoms with E-state index < -0.39 is 0 Å². The molecular formula is C13H13N7O. The molecule has 0 aliphatic carbocycles. The lowest BCUT2D eigenvalue weighted by molar-refractivity contribution is 0.400. The minimum absolute atomic E-state index is 0.347. The largest absolute Gasteiger partial charge is 0.364 e. The molecule has 2 N–H and O–H groups in total. The Kier molecular flexibility index (Phi) is 3.68. The quantitative estimate of drug-likeness (QED) is 0.732. The lowest BCUT2D eigenvalue weighted by Gasteiger charge is -2.06. The van der Waals surface area contributed by atoms with Gasteiger partial charge >= 0.3 is 0 Å². The van der Waals surface area contributed by atoms with Crippen molar-refractivity contribution in [3.63, 3.8) is 0 Å². The fourth-order valence-corrected chi connectivity index (χ4v) is 1.68. The maximum absolute atomic E-state index is 4.96. The molecule has 0 aliphatic rings. The highest BCUT2D eigenvalue weighted by Crippen LogP contribution is 2.13. The number of aryl methyl sites for hydroxylation is 1. The van der Waals surface area contributed by atoms with Crippen LogP contribution in [0.5, 0.6) is 0 Å². The Hall–Kier alpha value is -3.03. The summed E-state index contributed by atoms with van der Waals surface area (Å²) in [6.45, 7) is 2.41. The molecule has 0 saturated heterocycles. The highest BCUT2D eigenvalue weighted by Gasteiger charge is 2.04. The first-order valence-corrected chi connectivity index (χ1v) is 6.32. The highest BCUT2D eigenvalue weighted by molar-refractivity contribution is 5.48. The summed E-state index contributed by atoms with van der Waals surface area (Å²) >= 11 is 0. The van der Waals surface area contributed by atoms with Gasteiger partial charge in [-0.1, -0.05) is 11.2 Å². The summed E-state index contributed by atoms with van der Waals surface area (Å²) in [7, 11) is 0. The zero-order valence-corrected chi connectivity index (χ0v) is 11.3. The molecule has 0 aliphatic heterocycles. The normalized spacial score (nSPS) is 10.3. The summed E-state index contributed by atoms with van der Waals surface area (Å²) in [6.07, 6.45) is 5.08. The van der Waals surface area contributed by atoms with Gasteiger partial charge in [-0.05, 0) is 18.6 Å². The van der Waals surface area contributed by atoms with Crippen molar-refractivity contribution in [3.8, 4) is 0 Å². The Morgan fingerprint density at radius 2 is 2.19 bits per heavy atom. The van der Waals surface area contributed by atoms with Crippen LogP contribution in [0.25, 0.3) is 0 Å². The summed E-state index contributed by atoms with van der Waals surface area (Å²) in [4.78, 5) is 8.35. The average Bonchev–Trinajstić information content (AvgIpc) is 2.92. The fraction of sp³-hybridized carbons (Fsp3) is 0.154. The zero-order chi connectivity index (χ0) is 14.5. The molecule has 3 aromatic rings. The topological polar surface area (TPSA) is 102 Å². The van der Waals surface area contributed by atoms with Gasteiger partial charge in [-0.25, -0.2) is 0 Å². The molecule has 3 aromatic heterocycles. The summed E-state index contributed by atoms with van der Waals surface area (Å²) in [5.41, 5.74) is 1.05. The lowest BCUT2D eigenvalue weighted by atomic mass is 10.3. The molecule has 21 heavy (non-hydrogen) atoms. The van der Waals surface area contributed by atoms with Gasteiger partial charge in [-0.3, -0.25) is 4.98 Å². The van der Waals surface area contributed by atoms with Gasteiger partial charge in [-0.15, -0.1) is 5.10 Å². The lowest BCUT2D eigenvalue weighted by Crippen LogP contribution is -2.05. The number of nitrogens with zero attached hydrogens (tertiary/aromatic N) is 5. The molecule has 106 valence electrons. The maximum Gasteiger partial charge on any atom is 0.250 e. The third-order valence-corrected chi connectivity index (χ3v) is 2.62. The van der Waals surface area contributed by atoms with Crippen LogP contribution in [0.4, 0.5) is 17.6 Å². The summed E-state index contributed by atoms with van der Waals surface area (Å²) in [6, 6.07) is 5.61. The van der Waals surface area contributed by atoms with Crippen LogP contribution >= 0.6 is 0 Å². The predicted octanol–water partition coefficient (Wildman–Crippen LogP) is 1.92. The summed E-state index contributed by atoms with van der Waals surface area (Å²) in [5.74, 6) is 2.20. The van der Waals surface area contributed by atoms with Crippen LogP contribution in [-0.2, 0) is 6.54 Å². The Labute approximate surface area is 120 Å². The molecule has 0 saturated carbocycles. The van der Waals surface area contributed by atoms with E-state index in [4.69, 9.17) is 4.52 Å². The average molecular weight is 283 g/mol. The van der Waals surface area contributed by atoms with E-state index in [0.29, 0.717) is 29.9 Å². The van der Waals surface area contributed by atoms with Gasteiger partial charge in [0.2, 0.25) is 5.95 Å². The van der Waals surface area contributed by atoms with Gasteiger partial charge in [0.25, 0.3) is 0 Å².